The minimum atomic E-state index is 0.502. The van der Waals surface area contributed by atoms with Gasteiger partial charge in [-0.15, -0.1) is 0 Å². The fraction of sp³-hybridized carbons (Fsp3) is 0.800. The zero-order valence-electron chi connectivity index (χ0n) is 7.65. The maximum Gasteiger partial charge on any atom is 0.0102 e. The van der Waals surface area contributed by atoms with E-state index >= 15 is 0 Å². The van der Waals surface area contributed by atoms with E-state index in [0.29, 0.717) is 5.41 Å². The molecule has 0 aliphatic heterocycles. The van der Waals surface area contributed by atoms with Crippen molar-refractivity contribution in [3.63, 3.8) is 0 Å². The van der Waals surface area contributed by atoms with E-state index < -0.39 is 0 Å². The smallest absolute Gasteiger partial charge is 0.0102 e. The van der Waals surface area contributed by atoms with Crippen molar-refractivity contribution in [1.82, 2.24) is 0 Å². The normalized spacial score (nSPS) is 29.8. The number of allylic oxidation sites excluding steroid dienone is 2. The van der Waals surface area contributed by atoms with Gasteiger partial charge in [-0.3, -0.25) is 0 Å². The summed E-state index contributed by atoms with van der Waals surface area (Å²) in [5.74, 6) is 0.747. The van der Waals surface area contributed by atoms with Crippen molar-refractivity contribution in [1.29, 1.82) is 0 Å². The first-order valence-electron chi connectivity index (χ1n) is 4.30. The molecule has 0 amide bonds. The van der Waals surface area contributed by atoms with Gasteiger partial charge in [0.15, 0.2) is 0 Å². The second kappa shape index (κ2) is 3.30. The highest BCUT2D eigenvalue weighted by atomic mass is 79.9. The molecule has 1 heteroatoms. The molecule has 0 radical (unpaired) electrons. The Morgan fingerprint density at radius 3 is 2.64 bits per heavy atom. The Bertz CT molecular complexity index is 168. The summed E-state index contributed by atoms with van der Waals surface area (Å²) in [4.78, 5) is 0. The van der Waals surface area contributed by atoms with E-state index in [1.807, 2.05) is 0 Å². The maximum atomic E-state index is 3.59. The molecule has 1 aliphatic rings. The summed E-state index contributed by atoms with van der Waals surface area (Å²) in [6.07, 6.45) is 4.99. The molecule has 0 saturated carbocycles. The standard InChI is InChI=1S/C10H17Br/c1-8-5-4-6-10(2,3)9(8)7-11/h5,9H,4,6-7H2,1-3H3/t9-/m0/s1. The van der Waals surface area contributed by atoms with E-state index in [1.165, 1.54) is 12.8 Å². The predicted octanol–water partition coefficient (Wildman–Crippen LogP) is 3.76. The van der Waals surface area contributed by atoms with Crippen LogP contribution in [0.3, 0.4) is 0 Å². The van der Waals surface area contributed by atoms with Crippen LogP contribution in [0, 0.1) is 11.3 Å². The second-order valence-corrected chi connectivity index (χ2v) is 4.83. The Balaban J connectivity index is 2.80. The molecule has 0 aromatic carbocycles. The molecule has 0 bridgehead atoms. The van der Waals surface area contributed by atoms with Crippen molar-refractivity contribution in [3.8, 4) is 0 Å². The lowest BCUT2D eigenvalue weighted by molar-refractivity contribution is 0.237. The van der Waals surface area contributed by atoms with Crippen LogP contribution in [-0.2, 0) is 0 Å². The monoisotopic (exact) mass is 216 g/mol. The fourth-order valence-corrected chi connectivity index (χ4v) is 3.32. The van der Waals surface area contributed by atoms with E-state index in [1.54, 1.807) is 5.57 Å². The van der Waals surface area contributed by atoms with Gasteiger partial charge in [-0.05, 0) is 31.1 Å². The lowest BCUT2D eigenvalue weighted by Crippen LogP contribution is -2.28. The van der Waals surface area contributed by atoms with Gasteiger partial charge < -0.3 is 0 Å². The van der Waals surface area contributed by atoms with Crippen molar-refractivity contribution in [2.24, 2.45) is 11.3 Å². The molecular formula is C10H17Br. The van der Waals surface area contributed by atoms with Crippen molar-refractivity contribution in [3.05, 3.63) is 11.6 Å². The summed E-state index contributed by atoms with van der Waals surface area (Å²) >= 11 is 3.59. The quantitative estimate of drug-likeness (QED) is 0.463. The zero-order valence-corrected chi connectivity index (χ0v) is 9.24. The van der Waals surface area contributed by atoms with Crippen LogP contribution < -0.4 is 0 Å². The molecular weight excluding hydrogens is 200 g/mol. The summed E-state index contributed by atoms with van der Waals surface area (Å²) in [5.41, 5.74) is 2.07. The first kappa shape index (κ1) is 9.31. The van der Waals surface area contributed by atoms with Gasteiger partial charge in [0, 0.05) is 5.33 Å². The van der Waals surface area contributed by atoms with E-state index in [4.69, 9.17) is 0 Å². The summed E-state index contributed by atoms with van der Waals surface area (Å²) in [6.45, 7) is 7.00. The van der Waals surface area contributed by atoms with Gasteiger partial charge in [0.1, 0.15) is 0 Å². The predicted molar refractivity (Wildman–Crippen MR) is 54.1 cm³/mol. The Kier molecular flexibility index (Phi) is 2.79. The molecule has 0 spiro atoms. The molecule has 1 rings (SSSR count). The van der Waals surface area contributed by atoms with Gasteiger partial charge in [0.2, 0.25) is 0 Å². The molecule has 0 saturated heterocycles. The van der Waals surface area contributed by atoms with Crippen LogP contribution in [0.4, 0.5) is 0 Å². The molecule has 11 heavy (non-hydrogen) atoms. The Morgan fingerprint density at radius 1 is 1.64 bits per heavy atom. The highest BCUT2D eigenvalue weighted by Gasteiger charge is 2.31. The molecule has 64 valence electrons. The highest BCUT2D eigenvalue weighted by Crippen LogP contribution is 2.41. The average molecular weight is 217 g/mol. The molecule has 1 aliphatic carbocycles. The number of halogens is 1. The van der Waals surface area contributed by atoms with Gasteiger partial charge in [-0.25, -0.2) is 0 Å². The Hall–Kier alpha value is 0.220. The molecule has 0 unspecified atom stereocenters. The van der Waals surface area contributed by atoms with Crippen molar-refractivity contribution >= 4 is 15.9 Å². The summed E-state index contributed by atoms with van der Waals surface area (Å²) in [7, 11) is 0. The van der Waals surface area contributed by atoms with Gasteiger partial charge in [-0.2, -0.15) is 0 Å². The third kappa shape index (κ3) is 1.87. The Labute approximate surface area is 78.2 Å². The van der Waals surface area contributed by atoms with Crippen LogP contribution in [0.15, 0.2) is 11.6 Å². The number of rotatable bonds is 1. The van der Waals surface area contributed by atoms with E-state index in [-0.39, 0.29) is 0 Å². The first-order chi connectivity index (χ1) is 5.08. The summed E-state index contributed by atoms with van der Waals surface area (Å²) < 4.78 is 0. The fourth-order valence-electron chi connectivity index (χ4n) is 1.94. The van der Waals surface area contributed by atoms with Gasteiger partial charge >= 0.3 is 0 Å². The molecule has 0 nitrogen and oxygen atoms in total. The minimum Gasteiger partial charge on any atom is -0.0921 e. The third-order valence-electron chi connectivity index (χ3n) is 2.90. The zero-order chi connectivity index (χ0) is 8.48. The van der Waals surface area contributed by atoms with Gasteiger partial charge in [-0.1, -0.05) is 41.4 Å². The van der Waals surface area contributed by atoms with E-state index in [2.05, 4.69) is 42.8 Å². The van der Waals surface area contributed by atoms with E-state index in [9.17, 15) is 0 Å². The van der Waals surface area contributed by atoms with Gasteiger partial charge in [0.05, 0.1) is 0 Å². The van der Waals surface area contributed by atoms with Gasteiger partial charge in [0.25, 0.3) is 0 Å². The Morgan fingerprint density at radius 2 is 2.27 bits per heavy atom. The lowest BCUT2D eigenvalue weighted by Gasteiger charge is -2.37. The maximum absolute atomic E-state index is 3.59. The van der Waals surface area contributed by atoms with Crippen molar-refractivity contribution in [2.75, 3.05) is 5.33 Å². The van der Waals surface area contributed by atoms with Crippen molar-refractivity contribution in [2.45, 2.75) is 33.6 Å². The number of hydrogen-bond acceptors (Lipinski definition) is 0. The number of hydrogen-bond donors (Lipinski definition) is 0. The minimum absolute atomic E-state index is 0.502. The van der Waals surface area contributed by atoms with Crippen LogP contribution >= 0.6 is 15.9 Å². The highest BCUT2D eigenvalue weighted by molar-refractivity contribution is 9.09. The molecule has 0 heterocycles. The molecule has 0 fully saturated rings. The third-order valence-corrected chi connectivity index (χ3v) is 3.55. The largest absolute Gasteiger partial charge is 0.0921 e. The SMILES string of the molecule is CC1=CCCC(C)(C)[C@H]1CBr. The van der Waals surface area contributed by atoms with Crippen LogP contribution in [-0.4, -0.2) is 5.33 Å². The van der Waals surface area contributed by atoms with E-state index in [0.717, 1.165) is 11.2 Å². The lowest BCUT2D eigenvalue weighted by atomic mass is 9.70. The average Bonchev–Trinajstić information content (AvgIpc) is 1.86. The van der Waals surface area contributed by atoms with Crippen LogP contribution in [0.25, 0.3) is 0 Å². The molecule has 0 aromatic rings. The number of alkyl halides is 1. The van der Waals surface area contributed by atoms with Crippen LogP contribution in [0.2, 0.25) is 0 Å². The summed E-state index contributed by atoms with van der Waals surface area (Å²) in [6, 6.07) is 0. The molecule has 0 N–H and O–H groups in total. The topological polar surface area (TPSA) is 0 Å². The van der Waals surface area contributed by atoms with Crippen LogP contribution in [0.5, 0.6) is 0 Å². The van der Waals surface area contributed by atoms with Crippen molar-refractivity contribution < 1.29 is 0 Å². The summed E-state index contributed by atoms with van der Waals surface area (Å²) in [5, 5.41) is 1.11. The van der Waals surface area contributed by atoms with Crippen LogP contribution in [0.1, 0.15) is 33.6 Å². The first-order valence-corrected chi connectivity index (χ1v) is 5.42. The molecule has 1 atom stereocenters. The molecule has 0 aromatic heterocycles. The second-order valence-electron chi connectivity index (χ2n) is 4.18.